The standard InChI is InChI=1S/C78H130N2O10S2/c1-4-7-10-13-16-17-18-19-20-21-22-23-24-28-33-39-75(82)89-72-45-41-69(42-46-72)65-77(84)86-61-53-67-49-55-79(56-50-67)59-63-91-92-64-60-80-57-51-68(52-58-80)54-62-87-78(85)66-70-43-47-73(48-44-70)90-76(83)40-35-30-25-29-34-38-74(81)88-71(36-31-26-14-11-8-5-2)37-32-27-15-12-9-6-3/h41-48,67-68,71H,4-40,49-66H2,1-3H3. The Morgan fingerprint density at radius 1 is 0.391 bits per heavy atom. The Morgan fingerprint density at radius 2 is 0.696 bits per heavy atom. The molecule has 0 radical (unpaired) electrons. The molecule has 0 N–H and O–H groups in total. The van der Waals surface area contributed by atoms with E-state index in [9.17, 15) is 24.0 Å². The van der Waals surface area contributed by atoms with E-state index in [0.717, 1.165) is 171 Å². The monoisotopic (exact) mass is 1320 g/mol. The van der Waals surface area contributed by atoms with E-state index in [0.29, 0.717) is 55.8 Å². The van der Waals surface area contributed by atoms with Crippen LogP contribution in [-0.4, -0.2) is 110 Å². The zero-order valence-electron chi connectivity index (χ0n) is 58.5. The molecule has 0 bridgehead atoms. The molecule has 0 unspecified atom stereocenters. The summed E-state index contributed by atoms with van der Waals surface area (Å²) in [7, 11) is 3.97. The summed E-state index contributed by atoms with van der Waals surface area (Å²) in [6, 6.07) is 14.4. The molecule has 0 aromatic heterocycles. The average molecular weight is 1320 g/mol. The number of esters is 5. The van der Waals surface area contributed by atoms with E-state index in [1.165, 1.54) is 148 Å². The Morgan fingerprint density at radius 3 is 1.03 bits per heavy atom. The number of nitrogens with zero attached hydrogens (tertiary/aromatic N) is 2. The summed E-state index contributed by atoms with van der Waals surface area (Å²) in [6.07, 6.45) is 49.0. The van der Waals surface area contributed by atoms with Crippen LogP contribution in [0.1, 0.15) is 308 Å². The molecule has 0 atom stereocenters. The summed E-state index contributed by atoms with van der Waals surface area (Å²) in [4.78, 5) is 68.3. The van der Waals surface area contributed by atoms with Crippen LogP contribution in [0.15, 0.2) is 48.5 Å². The van der Waals surface area contributed by atoms with Gasteiger partial charge in [-0.15, -0.1) is 0 Å². The van der Waals surface area contributed by atoms with E-state index in [4.69, 9.17) is 23.7 Å². The molecule has 2 aliphatic heterocycles. The predicted octanol–water partition coefficient (Wildman–Crippen LogP) is 20.4. The third-order valence-corrected chi connectivity index (χ3v) is 21.2. The van der Waals surface area contributed by atoms with Crippen molar-refractivity contribution in [2.75, 3.05) is 64.0 Å². The minimum absolute atomic E-state index is 0.0515. The molecule has 4 rings (SSSR count). The van der Waals surface area contributed by atoms with Crippen LogP contribution in [0.25, 0.3) is 0 Å². The molecular weight excluding hydrogens is 1190 g/mol. The van der Waals surface area contributed by atoms with Gasteiger partial charge in [0.2, 0.25) is 0 Å². The minimum Gasteiger partial charge on any atom is -0.465 e. The summed E-state index contributed by atoms with van der Waals surface area (Å²) in [6.45, 7) is 14.3. The highest BCUT2D eigenvalue weighted by atomic mass is 33.1. The van der Waals surface area contributed by atoms with Crippen LogP contribution in [0.2, 0.25) is 0 Å². The van der Waals surface area contributed by atoms with Gasteiger partial charge in [0.1, 0.15) is 17.6 Å². The van der Waals surface area contributed by atoms with Crippen molar-refractivity contribution in [3.05, 3.63) is 59.7 Å². The molecule has 2 aliphatic rings. The highest BCUT2D eigenvalue weighted by molar-refractivity contribution is 8.76. The van der Waals surface area contributed by atoms with Crippen LogP contribution in [0, 0.1) is 11.8 Å². The van der Waals surface area contributed by atoms with Crippen LogP contribution >= 0.6 is 21.6 Å². The maximum absolute atomic E-state index is 12.8. The van der Waals surface area contributed by atoms with Crippen molar-refractivity contribution < 1.29 is 47.7 Å². The fraction of sp³-hybridized carbons (Fsp3) is 0.782. The SMILES string of the molecule is CCCCCCCCCCCCCCCCCC(=O)Oc1ccc(CC(=O)OCCC2CCN(CCSSCCN3CCC(CCOC(=O)Cc4ccc(OC(=O)CCCCCCCC(=O)OC(CCCCCCCC)CCCCCCCC)cc4)CC3)CC2)cc1. The van der Waals surface area contributed by atoms with Gasteiger partial charge in [-0.25, -0.2) is 0 Å². The second kappa shape index (κ2) is 55.5. The Kier molecular flexibility index (Phi) is 48.8. The molecule has 0 saturated carbocycles. The lowest BCUT2D eigenvalue weighted by Crippen LogP contribution is -2.36. The molecule has 0 spiro atoms. The van der Waals surface area contributed by atoms with E-state index in [1.54, 1.807) is 24.3 Å². The zero-order valence-corrected chi connectivity index (χ0v) is 60.2. The minimum atomic E-state index is -0.254. The molecular formula is C78H130N2O10S2. The first kappa shape index (κ1) is 80.8. The number of piperidine rings is 2. The van der Waals surface area contributed by atoms with Crippen molar-refractivity contribution in [3.63, 3.8) is 0 Å². The van der Waals surface area contributed by atoms with E-state index >= 15 is 0 Å². The second-order valence-electron chi connectivity index (χ2n) is 27.0. The lowest BCUT2D eigenvalue weighted by atomic mass is 9.94. The van der Waals surface area contributed by atoms with Gasteiger partial charge < -0.3 is 33.5 Å². The van der Waals surface area contributed by atoms with Crippen molar-refractivity contribution in [3.8, 4) is 11.5 Å². The van der Waals surface area contributed by atoms with Gasteiger partial charge in [-0.05, 0) is 157 Å². The summed E-state index contributed by atoms with van der Waals surface area (Å²) in [5, 5.41) is 0. The number of unbranched alkanes of at least 4 members (excludes halogenated alkanes) is 28. The van der Waals surface area contributed by atoms with Crippen molar-refractivity contribution in [1.29, 1.82) is 0 Å². The van der Waals surface area contributed by atoms with Gasteiger partial charge in [0.15, 0.2) is 0 Å². The molecule has 2 aromatic carbocycles. The molecule has 92 heavy (non-hydrogen) atoms. The molecule has 524 valence electrons. The third kappa shape index (κ3) is 43.5. The van der Waals surface area contributed by atoms with E-state index in [2.05, 4.69) is 30.6 Å². The number of ether oxygens (including phenoxy) is 5. The second-order valence-corrected chi connectivity index (χ2v) is 29.7. The number of rotatable bonds is 58. The smallest absolute Gasteiger partial charge is 0.311 e. The van der Waals surface area contributed by atoms with E-state index in [-0.39, 0.29) is 48.8 Å². The molecule has 0 aliphatic carbocycles. The lowest BCUT2D eigenvalue weighted by molar-refractivity contribution is -0.150. The zero-order chi connectivity index (χ0) is 65.6. The fourth-order valence-corrected chi connectivity index (χ4v) is 14.9. The summed E-state index contributed by atoms with van der Waals surface area (Å²) < 4.78 is 28.5. The summed E-state index contributed by atoms with van der Waals surface area (Å²) in [5.74, 6) is 3.50. The van der Waals surface area contributed by atoms with E-state index < -0.39 is 0 Å². The first-order valence-corrected chi connectivity index (χ1v) is 40.4. The molecule has 0 amide bonds. The van der Waals surface area contributed by atoms with Crippen LogP contribution < -0.4 is 9.47 Å². The number of hydrogen-bond donors (Lipinski definition) is 0. The Hall–Kier alpha value is -3.59. The molecule has 2 heterocycles. The van der Waals surface area contributed by atoms with Gasteiger partial charge in [0.25, 0.3) is 0 Å². The fourth-order valence-electron chi connectivity index (χ4n) is 12.8. The lowest BCUT2D eigenvalue weighted by Gasteiger charge is -2.32. The van der Waals surface area contributed by atoms with Gasteiger partial charge in [-0.1, -0.05) is 240 Å². The molecule has 14 heteroatoms. The van der Waals surface area contributed by atoms with E-state index in [1.807, 2.05) is 45.9 Å². The quantitative estimate of drug-likeness (QED) is 0.0204. The maximum Gasteiger partial charge on any atom is 0.311 e. The summed E-state index contributed by atoms with van der Waals surface area (Å²) in [5.41, 5.74) is 1.69. The highest BCUT2D eigenvalue weighted by Crippen LogP contribution is 2.27. The molecule has 2 aromatic rings. The Labute approximate surface area is 568 Å². The maximum atomic E-state index is 12.8. The van der Waals surface area contributed by atoms with Crippen molar-refractivity contribution in [2.45, 2.75) is 316 Å². The van der Waals surface area contributed by atoms with Crippen LogP contribution in [0.3, 0.4) is 0 Å². The first-order valence-electron chi connectivity index (χ1n) is 37.9. The Bertz CT molecular complexity index is 2130. The van der Waals surface area contributed by atoms with Crippen LogP contribution in [0.4, 0.5) is 0 Å². The molecule has 12 nitrogen and oxygen atoms in total. The van der Waals surface area contributed by atoms with Gasteiger partial charge in [0, 0.05) is 43.9 Å². The number of carbonyl (C=O) groups excluding carboxylic acids is 5. The molecule has 2 saturated heterocycles. The molecule has 2 fully saturated rings. The van der Waals surface area contributed by atoms with Crippen molar-refractivity contribution in [2.24, 2.45) is 11.8 Å². The van der Waals surface area contributed by atoms with Crippen molar-refractivity contribution >= 4 is 51.4 Å². The first-order chi connectivity index (χ1) is 45.1. The predicted molar refractivity (Wildman–Crippen MR) is 384 cm³/mol. The average Bonchev–Trinajstić information content (AvgIpc) is 1.74. The number of benzene rings is 2. The third-order valence-electron chi connectivity index (χ3n) is 18.9. The summed E-state index contributed by atoms with van der Waals surface area (Å²) >= 11 is 0. The highest BCUT2D eigenvalue weighted by Gasteiger charge is 2.22. The van der Waals surface area contributed by atoms with Gasteiger partial charge in [0.05, 0.1) is 26.1 Å². The van der Waals surface area contributed by atoms with Crippen LogP contribution in [-0.2, 0) is 51.0 Å². The topological polar surface area (TPSA) is 138 Å². The van der Waals surface area contributed by atoms with Gasteiger partial charge in [-0.3, -0.25) is 24.0 Å². The number of carbonyl (C=O) groups is 5. The van der Waals surface area contributed by atoms with Crippen molar-refractivity contribution in [1.82, 2.24) is 9.80 Å². The Balaban J connectivity index is 0.899. The van der Waals surface area contributed by atoms with Gasteiger partial charge >= 0.3 is 29.8 Å². The number of likely N-dealkylation sites (tertiary alicyclic amines) is 2. The largest absolute Gasteiger partial charge is 0.465 e. The van der Waals surface area contributed by atoms with Gasteiger partial charge in [-0.2, -0.15) is 0 Å². The number of hydrogen-bond acceptors (Lipinski definition) is 14. The normalized spacial score (nSPS) is 14.2. The van der Waals surface area contributed by atoms with Crippen LogP contribution in [0.5, 0.6) is 11.5 Å².